The Morgan fingerprint density at radius 3 is 2.74 bits per heavy atom. The third-order valence-electron chi connectivity index (χ3n) is 4.61. The van der Waals surface area contributed by atoms with Gasteiger partial charge in [0.2, 0.25) is 0 Å². The van der Waals surface area contributed by atoms with Crippen LogP contribution >= 0.6 is 0 Å². The fraction of sp³-hybridized carbons (Fsp3) is 0.300. The third-order valence-corrected chi connectivity index (χ3v) is 4.61. The molecule has 0 fully saturated rings. The number of hydrogen-bond acceptors (Lipinski definition) is 5. The number of fused-ring (bicyclic) bond motifs is 2. The molecule has 2 heterocycles. The molecule has 1 N–H and O–H groups in total. The van der Waals surface area contributed by atoms with Gasteiger partial charge in [-0.3, -0.25) is 9.36 Å². The number of rotatable bonds is 5. The topological polar surface area (TPSA) is 82.7 Å². The van der Waals surface area contributed by atoms with Crippen molar-refractivity contribution in [2.24, 2.45) is 0 Å². The van der Waals surface area contributed by atoms with Crippen molar-refractivity contribution in [2.75, 3.05) is 13.2 Å². The molecule has 0 spiro atoms. The molecule has 0 unspecified atom stereocenters. The average molecular weight is 368 g/mol. The highest BCUT2D eigenvalue weighted by molar-refractivity contribution is 5.95. The van der Waals surface area contributed by atoms with E-state index in [0.717, 1.165) is 5.52 Å². The Balaban J connectivity index is 1.52. The van der Waals surface area contributed by atoms with E-state index in [1.165, 1.54) is 0 Å². The van der Waals surface area contributed by atoms with E-state index in [9.17, 15) is 9.59 Å². The summed E-state index contributed by atoms with van der Waals surface area (Å²) in [7, 11) is 0. The van der Waals surface area contributed by atoms with Crippen molar-refractivity contribution in [2.45, 2.75) is 25.9 Å². The van der Waals surface area contributed by atoms with Gasteiger partial charge in [0.05, 0.1) is 5.52 Å². The Hall–Kier alpha value is -3.22. The highest BCUT2D eigenvalue weighted by Crippen LogP contribution is 2.30. The summed E-state index contributed by atoms with van der Waals surface area (Å²) < 4.78 is 17.8. The minimum absolute atomic E-state index is 0.218. The quantitative estimate of drug-likeness (QED) is 0.748. The van der Waals surface area contributed by atoms with E-state index in [0.29, 0.717) is 48.8 Å². The van der Waals surface area contributed by atoms with Crippen molar-refractivity contribution < 1.29 is 18.7 Å². The van der Waals surface area contributed by atoms with Crippen LogP contribution in [0.15, 0.2) is 51.7 Å². The van der Waals surface area contributed by atoms with E-state index in [2.05, 4.69) is 5.32 Å². The Morgan fingerprint density at radius 2 is 1.93 bits per heavy atom. The summed E-state index contributed by atoms with van der Waals surface area (Å²) in [6, 6.07) is 12.1. The number of aromatic nitrogens is 1. The number of oxazole rings is 1. The van der Waals surface area contributed by atoms with Crippen molar-refractivity contribution >= 4 is 17.0 Å². The fourth-order valence-corrected chi connectivity index (χ4v) is 3.14. The van der Waals surface area contributed by atoms with Crippen LogP contribution in [0.5, 0.6) is 11.5 Å². The second-order valence-electron chi connectivity index (χ2n) is 6.38. The normalized spacial score (nSPS) is 14.1. The molecule has 0 aliphatic carbocycles. The number of para-hydroxylation sites is 2. The zero-order valence-corrected chi connectivity index (χ0v) is 14.9. The van der Waals surface area contributed by atoms with E-state index in [4.69, 9.17) is 13.9 Å². The van der Waals surface area contributed by atoms with Crippen LogP contribution in [0, 0.1) is 0 Å². The average Bonchev–Trinajstić information content (AvgIpc) is 3.02. The molecular weight excluding hydrogens is 348 g/mol. The van der Waals surface area contributed by atoms with Crippen molar-refractivity contribution in [1.82, 2.24) is 9.88 Å². The van der Waals surface area contributed by atoms with Gasteiger partial charge in [-0.1, -0.05) is 19.1 Å². The summed E-state index contributed by atoms with van der Waals surface area (Å²) in [6.07, 6.45) is 0.669. The number of nitrogens with zero attached hydrogens (tertiary/aromatic N) is 1. The first-order valence-corrected chi connectivity index (χ1v) is 8.94. The number of hydrogen-bond donors (Lipinski definition) is 1. The number of amides is 1. The van der Waals surface area contributed by atoms with Crippen molar-refractivity contribution in [3.8, 4) is 11.5 Å². The number of nitrogens with one attached hydrogen (secondary N) is 1. The van der Waals surface area contributed by atoms with E-state index in [1.807, 2.05) is 25.1 Å². The number of carbonyl (C=O) groups is 1. The summed E-state index contributed by atoms with van der Waals surface area (Å²) in [5.74, 6) is 0.558. The summed E-state index contributed by atoms with van der Waals surface area (Å²) in [5, 5.41) is 2.98. The van der Waals surface area contributed by atoms with Crippen LogP contribution in [0.25, 0.3) is 11.1 Å². The van der Waals surface area contributed by atoms with Crippen molar-refractivity contribution in [3.05, 3.63) is 58.6 Å². The minimum Gasteiger partial charge on any atom is -0.486 e. The molecule has 1 aliphatic heterocycles. The van der Waals surface area contributed by atoms with Crippen LogP contribution < -0.4 is 20.5 Å². The maximum atomic E-state index is 12.7. The number of benzene rings is 2. The Morgan fingerprint density at radius 1 is 1.15 bits per heavy atom. The van der Waals surface area contributed by atoms with Crippen LogP contribution in [-0.2, 0) is 6.54 Å². The van der Waals surface area contributed by atoms with Crippen LogP contribution in [-0.4, -0.2) is 29.7 Å². The van der Waals surface area contributed by atoms with Crippen LogP contribution in [0.2, 0.25) is 0 Å². The van der Waals surface area contributed by atoms with Gasteiger partial charge in [0.15, 0.2) is 17.1 Å². The Bertz CT molecular complexity index is 1040. The predicted octanol–water partition coefficient (Wildman–Crippen LogP) is 2.57. The van der Waals surface area contributed by atoms with Gasteiger partial charge in [0, 0.05) is 18.2 Å². The molecule has 2 aromatic carbocycles. The van der Waals surface area contributed by atoms with Crippen LogP contribution in [0.4, 0.5) is 0 Å². The summed E-state index contributed by atoms with van der Waals surface area (Å²) >= 11 is 0. The Kier molecular flexibility index (Phi) is 4.58. The molecule has 27 heavy (non-hydrogen) atoms. The smallest absolute Gasteiger partial charge is 0.420 e. The summed E-state index contributed by atoms with van der Waals surface area (Å²) in [6.45, 7) is 3.26. The van der Waals surface area contributed by atoms with Gasteiger partial charge in [-0.05, 0) is 36.8 Å². The molecule has 0 radical (unpaired) electrons. The zero-order chi connectivity index (χ0) is 18.8. The first-order chi connectivity index (χ1) is 13.2. The SMILES string of the molecule is CC[C@H](Cn1c(=O)oc2ccccc21)NC(=O)c1ccc2c(c1)OCCO2. The Labute approximate surface area is 155 Å². The van der Waals surface area contributed by atoms with E-state index in [-0.39, 0.29) is 11.9 Å². The van der Waals surface area contributed by atoms with Gasteiger partial charge in [0.25, 0.3) is 5.91 Å². The van der Waals surface area contributed by atoms with Gasteiger partial charge >= 0.3 is 5.76 Å². The highest BCUT2D eigenvalue weighted by Gasteiger charge is 2.19. The lowest BCUT2D eigenvalue weighted by Crippen LogP contribution is -2.39. The molecule has 140 valence electrons. The van der Waals surface area contributed by atoms with E-state index >= 15 is 0 Å². The fourth-order valence-electron chi connectivity index (χ4n) is 3.14. The first-order valence-electron chi connectivity index (χ1n) is 8.94. The second kappa shape index (κ2) is 7.19. The van der Waals surface area contributed by atoms with Gasteiger partial charge < -0.3 is 19.2 Å². The number of ether oxygens (including phenoxy) is 2. The van der Waals surface area contributed by atoms with Crippen molar-refractivity contribution in [1.29, 1.82) is 0 Å². The molecule has 7 nitrogen and oxygen atoms in total. The molecule has 4 rings (SSSR count). The predicted molar refractivity (Wildman–Crippen MR) is 99.5 cm³/mol. The highest BCUT2D eigenvalue weighted by atomic mass is 16.6. The van der Waals surface area contributed by atoms with Crippen molar-refractivity contribution in [3.63, 3.8) is 0 Å². The summed E-state index contributed by atoms with van der Waals surface area (Å²) in [5.41, 5.74) is 1.74. The minimum atomic E-state index is -0.428. The standard InChI is InChI=1S/C20H20N2O5/c1-2-14(12-22-15-5-3-4-6-16(15)27-20(22)24)21-19(23)13-7-8-17-18(11-13)26-10-9-25-17/h3-8,11,14H,2,9-10,12H2,1H3,(H,21,23)/t14-/m1/s1. The zero-order valence-electron chi connectivity index (χ0n) is 14.9. The molecular formula is C20H20N2O5. The first kappa shape index (κ1) is 17.2. The molecule has 1 aromatic heterocycles. The second-order valence-corrected chi connectivity index (χ2v) is 6.38. The molecule has 1 atom stereocenters. The molecule has 1 aliphatic rings. The third kappa shape index (κ3) is 3.40. The van der Waals surface area contributed by atoms with Gasteiger partial charge in [0.1, 0.15) is 13.2 Å². The maximum absolute atomic E-state index is 12.7. The van der Waals surface area contributed by atoms with Gasteiger partial charge in [-0.15, -0.1) is 0 Å². The van der Waals surface area contributed by atoms with E-state index < -0.39 is 5.76 Å². The van der Waals surface area contributed by atoms with Gasteiger partial charge in [-0.25, -0.2) is 4.79 Å². The molecule has 0 saturated carbocycles. The lowest BCUT2D eigenvalue weighted by atomic mass is 10.1. The van der Waals surface area contributed by atoms with Crippen LogP contribution in [0.1, 0.15) is 23.7 Å². The molecule has 0 saturated heterocycles. The largest absolute Gasteiger partial charge is 0.486 e. The van der Waals surface area contributed by atoms with Gasteiger partial charge in [-0.2, -0.15) is 0 Å². The number of carbonyl (C=O) groups excluding carboxylic acids is 1. The summed E-state index contributed by atoms with van der Waals surface area (Å²) in [4.78, 5) is 24.8. The molecule has 7 heteroatoms. The maximum Gasteiger partial charge on any atom is 0.420 e. The van der Waals surface area contributed by atoms with E-state index in [1.54, 1.807) is 28.8 Å². The molecule has 0 bridgehead atoms. The monoisotopic (exact) mass is 368 g/mol. The molecule has 1 amide bonds. The lowest BCUT2D eigenvalue weighted by Gasteiger charge is -2.20. The molecule has 3 aromatic rings. The lowest BCUT2D eigenvalue weighted by molar-refractivity contribution is 0.0930. The van der Waals surface area contributed by atoms with Crippen LogP contribution in [0.3, 0.4) is 0 Å².